The van der Waals surface area contributed by atoms with Crippen molar-refractivity contribution in [2.24, 2.45) is 0 Å². The Morgan fingerprint density at radius 1 is 1.29 bits per heavy atom. The number of rotatable bonds is 4. The predicted molar refractivity (Wildman–Crippen MR) is 74.5 cm³/mol. The third kappa shape index (κ3) is 3.74. The highest BCUT2D eigenvalue weighted by atomic mass is 15.0. The molecule has 0 amide bonds. The molecule has 1 aliphatic heterocycles. The molecular weight excluding hydrogens is 208 g/mol. The monoisotopic (exact) mass is 232 g/mol. The number of anilines is 1. The fraction of sp³-hybridized carbons (Fsp3) is 0.600. The highest BCUT2D eigenvalue weighted by molar-refractivity contribution is 5.56. The molecule has 1 aliphatic rings. The summed E-state index contributed by atoms with van der Waals surface area (Å²) in [6, 6.07) is 9.28. The molecule has 1 unspecified atom stereocenters. The van der Waals surface area contributed by atoms with Gasteiger partial charge in [-0.2, -0.15) is 0 Å². The van der Waals surface area contributed by atoms with Crippen LogP contribution in [0.2, 0.25) is 0 Å². The predicted octanol–water partition coefficient (Wildman–Crippen LogP) is 3.19. The zero-order valence-electron chi connectivity index (χ0n) is 11.2. The van der Waals surface area contributed by atoms with Crippen molar-refractivity contribution in [1.82, 2.24) is 5.32 Å². The van der Waals surface area contributed by atoms with E-state index in [0.717, 1.165) is 6.54 Å². The summed E-state index contributed by atoms with van der Waals surface area (Å²) in [5, 5.41) is 7.14. The van der Waals surface area contributed by atoms with Gasteiger partial charge in [-0.15, -0.1) is 0 Å². The smallest absolute Gasteiger partial charge is 0.0375 e. The van der Waals surface area contributed by atoms with Crippen LogP contribution in [-0.2, 0) is 6.42 Å². The number of para-hydroxylation sites is 1. The quantitative estimate of drug-likeness (QED) is 0.779. The lowest BCUT2D eigenvalue weighted by Gasteiger charge is -2.21. The molecule has 0 radical (unpaired) electrons. The van der Waals surface area contributed by atoms with Gasteiger partial charge in [-0.25, -0.2) is 0 Å². The number of benzene rings is 1. The second kappa shape index (κ2) is 5.09. The number of hydrogen-bond acceptors (Lipinski definition) is 2. The summed E-state index contributed by atoms with van der Waals surface area (Å²) in [5.74, 6) is 0. The maximum absolute atomic E-state index is 3.60. The molecule has 0 saturated carbocycles. The van der Waals surface area contributed by atoms with Gasteiger partial charge in [-0.1, -0.05) is 18.2 Å². The summed E-state index contributed by atoms with van der Waals surface area (Å²) in [6.07, 6.45) is 3.67. The number of fused-ring (bicyclic) bond motifs is 1. The molecule has 0 spiro atoms. The van der Waals surface area contributed by atoms with E-state index in [-0.39, 0.29) is 5.54 Å². The third-order valence-corrected chi connectivity index (χ3v) is 3.23. The van der Waals surface area contributed by atoms with Crippen LogP contribution in [0.3, 0.4) is 0 Å². The molecule has 94 valence electrons. The van der Waals surface area contributed by atoms with Gasteiger partial charge in [0.25, 0.3) is 0 Å². The zero-order chi connectivity index (χ0) is 12.3. The van der Waals surface area contributed by atoms with Gasteiger partial charge in [0, 0.05) is 17.3 Å². The molecule has 17 heavy (non-hydrogen) atoms. The van der Waals surface area contributed by atoms with Gasteiger partial charge >= 0.3 is 0 Å². The molecule has 0 saturated heterocycles. The van der Waals surface area contributed by atoms with Crippen molar-refractivity contribution in [3.63, 3.8) is 0 Å². The molecule has 2 nitrogen and oxygen atoms in total. The molecule has 0 fully saturated rings. The normalized spacial score (nSPS) is 18.9. The highest BCUT2D eigenvalue weighted by Crippen LogP contribution is 2.26. The summed E-state index contributed by atoms with van der Waals surface area (Å²) in [6.45, 7) is 7.77. The van der Waals surface area contributed by atoms with Gasteiger partial charge in [0.05, 0.1) is 0 Å². The van der Waals surface area contributed by atoms with Gasteiger partial charge in [-0.3, -0.25) is 0 Å². The number of hydrogen-bond donors (Lipinski definition) is 2. The van der Waals surface area contributed by atoms with E-state index in [4.69, 9.17) is 0 Å². The summed E-state index contributed by atoms with van der Waals surface area (Å²) in [4.78, 5) is 0. The molecule has 0 bridgehead atoms. The summed E-state index contributed by atoms with van der Waals surface area (Å²) in [5.41, 5.74) is 3.05. The van der Waals surface area contributed by atoms with Gasteiger partial charge in [0.15, 0.2) is 0 Å². The fourth-order valence-electron chi connectivity index (χ4n) is 2.36. The molecule has 1 aromatic carbocycles. The van der Waals surface area contributed by atoms with E-state index in [1.807, 2.05) is 0 Å². The van der Waals surface area contributed by atoms with Crippen molar-refractivity contribution >= 4 is 5.69 Å². The molecule has 2 N–H and O–H groups in total. The zero-order valence-corrected chi connectivity index (χ0v) is 11.2. The van der Waals surface area contributed by atoms with E-state index in [9.17, 15) is 0 Å². The van der Waals surface area contributed by atoms with Crippen LogP contribution in [0, 0.1) is 0 Å². The minimum absolute atomic E-state index is 0.242. The second-order valence-corrected chi connectivity index (χ2v) is 6.02. The van der Waals surface area contributed by atoms with Crippen molar-refractivity contribution in [2.75, 3.05) is 11.9 Å². The van der Waals surface area contributed by atoms with Gasteiger partial charge < -0.3 is 10.6 Å². The van der Waals surface area contributed by atoms with Gasteiger partial charge in [0.1, 0.15) is 0 Å². The molecule has 1 aromatic rings. The highest BCUT2D eigenvalue weighted by Gasteiger charge is 2.19. The SMILES string of the molecule is CC(C)(C)NCCCC1Cc2ccccc2N1. The first-order chi connectivity index (χ1) is 8.04. The minimum atomic E-state index is 0.242. The fourth-order valence-corrected chi connectivity index (χ4v) is 2.36. The van der Waals surface area contributed by atoms with E-state index in [1.165, 1.54) is 30.5 Å². The van der Waals surface area contributed by atoms with Gasteiger partial charge in [-0.05, 0) is 58.2 Å². The van der Waals surface area contributed by atoms with Crippen LogP contribution in [0.5, 0.6) is 0 Å². The third-order valence-electron chi connectivity index (χ3n) is 3.23. The standard InChI is InChI=1S/C15H24N2/c1-15(2,3)16-10-6-8-13-11-12-7-4-5-9-14(12)17-13/h4-5,7,9,13,16-17H,6,8,10-11H2,1-3H3. The van der Waals surface area contributed by atoms with Gasteiger partial charge in [0.2, 0.25) is 0 Å². The molecule has 0 aromatic heterocycles. The van der Waals surface area contributed by atoms with Crippen LogP contribution in [-0.4, -0.2) is 18.1 Å². The summed E-state index contributed by atoms with van der Waals surface area (Å²) in [7, 11) is 0. The largest absolute Gasteiger partial charge is 0.382 e. The average molecular weight is 232 g/mol. The van der Waals surface area contributed by atoms with Crippen LogP contribution < -0.4 is 10.6 Å². The van der Waals surface area contributed by atoms with Crippen molar-refractivity contribution in [3.8, 4) is 0 Å². The second-order valence-electron chi connectivity index (χ2n) is 6.02. The van der Waals surface area contributed by atoms with Crippen LogP contribution in [0.15, 0.2) is 24.3 Å². The van der Waals surface area contributed by atoms with E-state index >= 15 is 0 Å². The first kappa shape index (κ1) is 12.4. The maximum Gasteiger partial charge on any atom is 0.0375 e. The molecular formula is C15H24N2. The van der Waals surface area contributed by atoms with E-state index in [2.05, 4.69) is 55.7 Å². The van der Waals surface area contributed by atoms with E-state index in [0.29, 0.717) is 6.04 Å². The van der Waals surface area contributed by atoms with Crippen LogP contribution in [0.1, 0.15) is 39.2 Å². The molecule has 0 aliphatic carbocycles. The lowest BCUT2D eigenvalue weighted by molar-refractivity contribution is 0.414. The van der Waals surface area contributed by atoms with Crippen LogP contribution >= 0.6 is 0 Å². The lowest BCUT2D eigenvalue weighted by Crippen LogP contribution is -2.36. The van der Waals surface area contributed by atoms with E-state index in [1.54, 1.807) is 0 Å². The Labute approximate surface area is 105 Å². The van der Waals surface area contributed by atoms with Crippen molar-refractivity contribution < 1.29 is 0 Å². The Kier molecular flexibility index (Phi) is 3.72. The molecule has 1 atom stereocenters. The van der Waals surface area contributed by atoms with Crippen molar-refractivity contribution in [3.05, 3.63) is 29.8 Å². The molecule has 2 rings (SSSR count). The maximum atomic E-state index is 3.60. The lowest BCUT2D eigenvalue weighted by atomic mass is 10.1. The summed E-state index contributed by atoms with van der Waals surface area (Å²) < 4.78 is 0. The van der Waals surface area contributed by atoms with Crippen molar-refractivity contribution in [1.29, 1.82) is 0 Å². The minimum Gasteiger partial charge on any atom is -0.382 e. The Morgan fingerprint density at radius 2 is 2.06 bits per heavy atom. The van der Waals surface area contributed by atoms with Crippen molar-refractivity contribution in [2.45, 2.75) is 51.6 Å². The first-order valence-electron chi connectivity index (χ1n) is 6.64. The topological polar surface area (TPSA) is 24.1 Å². The Morgan fingerprint density at radius 3 is 2.76 bits per heavy atom. The Bertz CT molecular complexity index is 340. The Balaban J connectivity index is 1.70. The van der Waals surface area contributed by atoms with Crippen LogP contribution in [0.4, 0.5) is 5.69 Å². The number of nitrogens with one attached hydrogen (secondary N) is 2. The molecule has 1 heterocycles. The molecule has 2 heteroatoms. The summed E-state index contributed by atoms with van der Waals surface area (Å²) >= 11 is 0. The first-order valence-corrected chi connectivity index (χ1v) is 6.64. The van der Waals surface area contributed by atoms with Crippen LogP contribution in [0.25, 0.3) is 0 Å². The average Bonchev–Trinajstić information content (AvgIpc) is 2.65. The Hall–Kier alpha value is -1.02. The van der Waals surface area contributed by atoms with E-state index < -0.39 is 0 Å².